The van der Waals surface area contributed by atoms with Gasteiger partial charge in [-0.05, 0) is 24.3 Å². The number of nitrogens with zero attached hydrogens (tertiary/aromatic N) is 2. The Morgan fingerprint density at radius 2 is 2.11 bits per heavy atom. The SMILES string of the molecule is CCNC(Cc1nc(C2CC2(C)C)no1)C(C)C. The van der Waals surface area contributed by atoms with E-state index in [1.165, 1.54) is 6.42 Å². The van der Waals surface area contributed by atoms with E-state index in [9.17, 15) is 0 Å². The highest BCUT2D eigenvalue weighted by atomic mass is 16.5. The van der Waals surface area contributed by atoms with Crippen molar-refractivity contribution in [2.45, 2.75) is 59.4 Å². The predicted octanol–water partition coefficient (Wildman–Crippen LogP) is 2.76. The Hall–Kier alpha value is -0.900. The lowest BCUT2D eigenvalue weighted by molar-refractivity contribution is 0.326. The second-order valence-electron chi connectivity index (χ2n) is 6.40. The van der Waals surface area contributed by atoms with E-state index in [0.717, 1.165) is 24.7 Å². The number of aromatic nitrogens is 2. The van der Waals surface area contributed by atoms with Crippen molar-refractivity contribution in [3.8, 4) is 0 Å². The summed E-state index contributed by atoms with van der Waals surface area (Å²) in [4.78, 5) is 4.55. The lowest BCUT2D eigenvalue weighted by Gasteiger charge is -2.19. The minimum Gasteiger partial charge on any atom is -0.339 e. The van der Waals surface area contributed by atoms with E-state index in [1.54, 1.807) is 0 Å². The van der Waals surface area contributed by atoms with Crippen LogP contribution in [-0.4, -0.2) is 22.7 Å². The maximum absolute atomic E-state index is 5.39. The van der Waals surface area contributed by atoms with E-state index >= 15 is 0 Å². The fourth-order valence-corrected chi connectivity index (χ4v) is 2.39. The quantitative estimate of drug-likeness (QED) is 0.844. The first-order valence-corrected chi connectivity index (χ1v) is 7.00. The molecule has 1 aliphatic rings. The van der Waals surface area contributed by atoms with Crippen LogP contribution in [-0.2, 0) is 6.42 Å². The zero-order valence-electron chi connectivity index (χ0n) is 12.2. The molecule has 0 spiro atoms. The maximum Gasteiger partial charge on any atom is 0.228 e. The number of rotatable bonds is 6. The van der Waals surface area contributed by atoms with Gasteiger partial charge in [-0.3, -0.25) is 0 Å². The van der Waals surface area contributed by atoms with Gasteiger partial charge in [-0.2, -0.15) is 4.98 Å². The van der Waals surface area contributed by atoms with Crippen LogP contribution >= 0.6 is 0 Å². The van der Waals surface area contributed by atoms with Crippen LogP contribution < -0.4 is 5.32 Å². The molecule has 2 atom stereocenters. The summed E-state index contributed by atoms with van der Waals surface area (Å²) < 4.78 is 5.39. The highest BCUT2D eigenvalue weighted by Crippen LogP contribution is 2.57. The van der Waals surface area contributed by atoms with E-state index in [4.69, 9.17) is 4.52 Å². The van der Waals surface area contributed by atoms with Crippen LogP contribution in [0.3, 0.4) is 0 Å². The molecular weight excluding hydrogens is 226 g/mol. The molecular formula is C14H25N3O. The number of hydrogen-bond donors (Lipinski definition) is 1. The smallest absolute Gasteiger partial charge is 0.228 e. The highest BCUT2D eigenvalue weighted by Gasteiger charge is 2.49. The van der Waals surface area contributed by atoms with Crippen molar-refractivity contribution in [2.24, 2.45) is 11.3 Å². The molecule has 18 heavy (non-hydrogen) atoms. The lowest BCUT2D eigenvalue weighted by atomic mass is 10.0. The Bertz CT molecular complexity index is 397. The average molecular weight is 251 g/mol. The third-order valence-electron chi connectivity index (χ3n) is 3.97. The van der Waals surface area contributed by atoms with Crippen LogP contribution in [0.5, 0.6) is 0 Å². The molecule has 0 aliphatic heterocycles. The van der Waals surface area contributed by atoms with E-state index in [2.05, 4.69) is 50.1 Å². The molecule has 0 amide bonds. The summed E-state index contributed by atoms with van der Waals surface area (Å²) in [6.45, 7) is 12.0. The first-order chi connectivity index (χ1) is 8.44. The summed E-state index contributed by atoms with van der Waals surface area (Å²) in [5.41, 5.74) is 0.361. The largest absolute Gasteiger partial charge is 0.339 e. The summed E-state index contributed by atoms with van der Waals surface area (Å²) in [7, 11) is 0. The molecule has 1 fully saturated rings. The van der Waals surface area contributed by atoms with E-state index in [-0.39, 0.29) is 0 Å². The minimum atomic E-state index is 0.361. The van der Waals surface area contributed by atoms with Crippen molar-refractivity contribution in [2.75, 3.05) is 6.54 Å². The normalized spacial score (nSPS) is 23.3. The van der Waals surface area contributed by atoms with E-state index < -0.39 is 0 Å². The van der Waals surface area contributed by atoms with Gasteiger partial charge < -0.3 is 9.84 Å². The lowest BCUT2D eigenvalue weighted by Crippen LogP contribution is -2.35. The molecule has 4 nitrogen and oxygen atoms in total. The maximum atomic E-state index is 5.39. The molecule has 102 valence electrons. The third kappa shape index (κ3) is 2.91. The van der Waals surface area contributed by atoms with E-state index in [1.807, 2.05) is 0 Å². The zero-order valence-corrected chi connectivity index (χ0v) is 12.2. The third-order valence-corrected chi connectivity index (χ3v) is 3.97. The molecule has 1 aromatic heterocycles. The van der Waals surface area contributed by atoms with Crippen LogP contribution in [0, 0.1) is 11.3 Å². The van der Waals surface area contributed by atoms with E-state index in [0.29, 0.717) is 23.3 Å². The molecule has 1 heterocycles. The monoisotopic (exact) mass is 251 g/mol. The molecule has 1 aliphatic carbocycles. The van der Waals surface area contributed by atoms with Gasteiger partial charge >= 0.3 is 0 Å². The van der Waals surface area contributed by atoms with Crippen LogP contribution in [0.4, 0.5) is 0 Å². The van der Waals surface area contributed by atoms with Gasteiger partial charge in [0.05, 0.1) is 0 Å². The Kier molecular flexibility index (Phi) is 3.76. The summed E-state index contributed by atoms with van der Waals surface area (Å²) in [6, 6.07) is 0.413. The number of hydrogen-bond acceptors (Lipinski definition) is 4. The number of nitrogens with one attached hydrogen (secondary N) is 1. The van der Waals surface area contributed by atoms with Gasteiger partial charge in [-0.15, -0.1) is 0 Å². The molecule has 2 rings (SSSR count). The van der Waals surface area contributed by atoms with Gasteiger partial charge in [0.15, 0.2) is 5.82 Å². The van der Waals surface area contributed by atoms with Crippen LogP contribution in [0.15, 0.2) is 4.52 Å². The summed E-state index contributed by atoms with van der Waals surface area (Å²) in [5, 5.41) is 7.61. The van der Waals surface area contributed by atoms with Gasteiger partial charge in [0.1, 0.15) is 0 Å². The fraction of sp³-hybridized carbons (Fsp3) is 0.857. The Balaban J connectivity index is 1.97. The molecule has 2 unspecified atom stereocenters. The van der Waals surface area contributed by atoms with Crippen LogP contribution in [0.1, 0.15) is 58.7 Å². The first-order valence-electron chi connectivity index (χ1n) is 7.00. The first kappa shape index (κ1) is 13.5. The van der Waals surface area contributed by atoms with Gasteiger partial charge in [0.2, 0.25) is 5.89 Å². The van der Waals surface area contributed by atoms with Crippen molar-refractivity contribution >= 4 is 0 Å². The minimum absolute atomic E-state index is 0.361. The van der Waals surface area contributed by atoms with Crippen molar-refractivity contribution in [1.29, 1.82) is 0 Å². The Morgan fingerprint density at radius 3 is 2.61 bits per heavy atom. The molecule has 1 N–H and O–H groups in total. The van der Waals surface area contributed by atoms with Crippen LogP contribution in [0.25, 0.3) is 0 Å². The Labute approximate surface area is 110 Å². The topological polar surface area (TPSA) is 51.0 Å². The summed E-state index contributed by atoms with van der Waals surface area (Å²) >= 11 is 0. The molecule has 0 aromatic carbocycles. The molecule has 0 bridgehead atoms. The average Bonchev–Trinajstić information content (AvgIpc) is 2.74. The Morgan fingerprint density at radius 1 is 1.44 bits per heavy atom. The fourth-order valence-electron chi connectivity index (χ4n) is 2.39. The zero-order chi connectivity index (χ0) is 13.3. The van der Waals surface area contributed by atoms with Crippen molar-refractivity contribution in [1.82, 2.24) is 15.5 Å². The summed E-state index contributed by atoms with van der Waals surface area (Å²) in [5.74, 6) is 2.73. The standard InChI is InChI=1S/C14H25N3O/c1-6-15-11(9(2)3)7-12-16-13(17-18-12)10-8-14(10,4)5/h9-11,15H,6-8H2,1-5H3. The molecule has 4 heteroatoms. The van der Waals surface area contributed by atoms with Gasteiger partial charge in [0.25, 0.3) is 0 Å². The second-order valence-corrected chi connectivity index (χ2v) is 6.40. The van der Waals surface area contributed by atoms with Gasteiger partial charge in [-0.25, -0.2) is 0 Å². The highest BCUT2D eigenvalue weighted by molar-refractivity contribution is 5.14. The van der Waals surface area contributed by atoms with Crippen LogP contribution in [0.2, 0.25) is 0 Å². The molecule has 1 saturated carbocycles. The molecule has 0 radical (unpaired) electrons. The number of likely N-dealkylation sites (N-methyl/N-ethyl adjacent to an activating group) is 1. The molecule has 1 aromatic rings. The second kappa shape index (κ2) is 5.00. The predicted molar refractivity (Wildman–Crippen MR) is 71.4 cm³/mol. The van der Waals surface area contributed by atoms with Crippen molar-refractivity contribution in [3.63, 3.8) is 0 Å². The molecule has 0 saturated heterocycles. The van der Waals surface area contributed by atoms with Crippen molar-refractivity contribution < 1.29 is 4.52 Å². The van der Waals surface area contributed by atoms with Gasteiger partial charge in [-0.1, -0.05) is 39.8 Å². The summed E-state index contributed by atoms with van der Waals surface area (Å²) in [6.07, 6.45) is 2.00. The van der Waals surface area contributed by atoms with Gasteiger partial charge in [0, 0.05) is 18.4 Å². The van der Waals surface area contributed by atoms with Crippen molar-refractivity contribution in [3.05, 3.63) is 11.7 Å².